The topological polar surface area (TPSA) is 76.3 Å². The average molecular weight is 353 g/mol. The lowest BCUT2D eigenvalue weighted by molar-refractivity contribution is 0.284. The summed E-state index contributed by atoms with van der Waals surface area (Å²) in [4.78, 5) is -0.275. The molecule has 0 bridgehead atoms. The van der Waals surface area contributed by atoms with Gasteiger partial charge in [0.1, 0.15) is 10.7 Å². The van der Waals surface area contributed by atoms with Crippen molar-refractivity contribution in [2.24, 2.45) is 0 Å². The molecule has 1 aliphatic rings. The number of hydrogen-bond acceptors (Lipinski definition) is 5. The van der Waals surface area contributed by atoms with E-state index >= 15 is 0 Å². The Bertz CT molecular complexity index is 811. The van der Waals surface area contributed by atoms with Crippen molar-refractivity contribution in [2.45, 2.75) is 43.4 Å². The SMILES string of the molecule is CC(C)c1nnc(C2CCN(S(=O)(=O)c3ccccc3F)CC2)o1. The van der Waals surface area contributed by atoms with Gasteiger partial charge >= 0.3 is 0 Å². The van der Waals surface area contributed by atoms with Crippen molar-refractivity contribution >= 4 is 10.0 Å². The van der Waals surface area contributed by atoms with E-state index in [1.807, 2.05) is 13.8 Å². The fraction of sp³-hybridized carbons (Fsp3) is 0.500. The van der Waals surface area contributed by atoms with Crippen LogP contribution < -0.4 is 0 Å². The minimum Gasteiger partial charge on any atom is -0.425 e. The normalized spacial score (nSPS) is 17.5. The third kappa shape index (κ3) is 3.21. The largest absolute Gasteiger partial charge is 0.425 e. The van der Waals surface area contributed by atoms with Crippen molar-refractivity contribution in [2.75, 3.05) is 13.1 Å². The predicted molar refractivity (Wildman–Crippen MR) is 85.5 cm³/mol. The molecule has 1 fully saturated rings. The van der Waals surface area contributed by atoms with Crippen LogP contribution in [0.3, 0.4) is 0 Å². The van der Waals surface area contributed by atoms with Gasteiger partial charge in [0.25, 0.3) is 0 Å². The van der Waals surface area contributed by atoms with Gasteiger partial charge in [0, 0.05) is 24.9 Å². The summed E-state index contributed by atoms with van der Waals surface area (Å²) in [5, 5.41) is 8.10. The van der Waals surface area contributed by atoms with Gasteiger partial charge in [-0.15, -0.1) is 10.2 Å². The van der Waals surface area contributed by atoms with Crippen molar-refractivity contribution in [3.05, 3.63) is 41.9 Å². The fourth-order valence-corrected chi connectivity index (χ4v) is 4.32. The van der Waals surface area contributed by atoms with Gasteiger partial charge in [0.05, 0.1) is 0 Å². The Labute approximate surface area is 140 Å². The maximum atomic E-state index is 13.8. The summed E-state index contributed by atoms with van der Waals surface area (Å²) >= 11 is 0. The third-order valence-corrected chi connectivity index (χ3v) is 6.14. The third-order valence-electron chi connectivity index (χ3n) is 4.21. The zero-order chi connectivity index (χ0) is 17.3. The van der Waals surface area contributed by atoms with E-state index in [9.17, 15) is 12.8 Å². The van der Waals surface area contributed by atoms with Crippen molar-refractivity contribution in [1.82, 2.24) is 14.5 Å². The zero-order valence-corrected chi connectivity index (χ0v) is 14.5. The Hall–Kier alpha value is -1.80. The summed E-state index contributed by atoms with van der Waals surface area (Å²) in [5.41, 5.74) is 0. The van der Waals surface area contributed by atoms with E-state index in [0.717, 1.165) is 6.07 Å². The Balaban J connectivity index is 1.71. The Morgan fingerprint density at radius 1 is 1.21 bits per heavy atom. The minimum absolute atomic E-state index is 0.0390. The summed E-state index contributed by atoms with van der Waals surface area (Å²) < 4.78 is 46.0. The molecule has 0 amide bonds. The average Bonchev–Trinajstić information content (AvgIpc) is 3.05. The Morgan fingerprint density at radius 2 is 1.88 bits per heavy atom. The lowest BCUT2D eigenvalue weighted by atomic mass is 9.98. The molecule has 0 saturated carbocycles. The van der Waals surface area contributed by atoms with Crippen LogP contribution in [-0.2, 0) is 10.0 Å². The summed E-state index contributed by atoms with van der Waals surface area (Å²) in [7, 11) is -3.81. The van der Waals surface area contributed by atoms with Crippen molar-refractivity contribution in [3.8, 4) is 0 Å². The van der Waals surface area contributed by atoms with Crippen LogP contribution in [0.1, 0.15) is 50.3 Å². The smallest absolute Gasteiger partial charge is 0.245 e. The summed E-state index contributed by atoms with van der Waals surface area (Å²) in [6.45, 7) is 4.56. The molecule has 1 aromatic carbocycles. The second kappa shape index (κ2) is 6.60. The molecule has 1 aromatic heterocycles. The highest BCUT2D eigenvalue weighted by Gasteiger charge is 2.33. The minimum atomic E-state index is -3.81. The van der Waals surface area contributed by atoms with Gasteiger partial charge in [0.15, 0.2) is 0 Å². The van der Waals surface area contributed by atoms with E-state index in [1.54, 1.807) is 0 Å². The number of hydrogen-bond donors (Lipinski definition) is 0. The van der Waals surface area contributed by atoms with E-state index < -0.39 is 15.8 Å². The van der Waals surface area contributed by atoms with Crippen LogP contribution in [0.15, 0.2) is 33.6 Å². The van der Waals surface area contributed by atoms with E-state index in [1.165, 1.54) is 22.5 Å². The molecule has 1 aliphatic heterocycles. The van der Waals surface area contributed by atoms with Crippen LogP contribution in [0.4, 0.5) is 4.39 Å². The highest BCUT2D eigenvalue weighted by Crippen LogP contribution is 2.31. The van der Waals surface area contributed by atoms with Gasteiger partial charge < -0.3 is 4.42 Å². The maximum absolute atomic E-state index is 13.8. The molecule has 1 saturated heterocycles. The highest BCUT2D eigenvalue weighted by atomic mass is 32.2. The second-order valence-corrected chi connectivity index (χ2v) is 8.15. The second-order valence-electron chi connectivity index (χ2n) is 6.24. The first-order valence-electron chi connectivity index (χ1n) is 7.97. The van der Waals surface area contributed by atoms with Gasteiger partial charge in [-0.3, -0.25) is 0 Å². The van der Waals surface area contributed by atoms with E-state index in [4.69, 9.17) is 4.42 Å². The van der Waals surface area contributed by atoms with Crippen LogP contribution in [0.2, 0.25) is 0 Å². The molecule has 0 unspecified atom stereocenters. The lowest BCUT2D eigenvalue weighted by Gasteiger charge is -2.29. The number of aromatic nitrogens is 2. The van der Waals surface area contributed by atoms with Crippen LogP contribution in [0.25, 0.3) is 0 Å². The Kier molecular flexibility index (Phi) is 4.69. The fourth-order valence-electron chi connectivity index (χ4n) is 2.78. The standard InChI is InChI=1S/C16H20FN3O3S/c1-11(2)15-18-19-16(23-15)12-7-9-20(10-8-12)24(21,22)14-6-4-3-5-13(14)17/h3-6,11-12H,7-10H2,1-2H3. The van der Waals surface area contributed by atoms with Gasteiger partial charge in [-0.25, -0.2) is 12.8 Å². The first kappa shape index (κ1) is 17.0. The zero-order valence-electron chi connectivity index (χ0n) is 13.6. The maximum Gasteiger partial charge on any atom is 0.245 e. The number of piperidine rings is 1. The molecule has 2 heterocycles. The molecule has 0 aliphatic carbocycles. The van der Waals surface area contributed by atoms with E-state index in [0.29, 0.717) is 37.7 Å². The summed E-state index contributed by atoms with van der Waals surface area (Å²) in [5.74, 6) is 0.621. The van der Waals surface area contributed by atoms with Crippen molar-refractivity contribution in [3.63, 3.8) is 0 Å². The molecule has 0 spiro atoms. The molecule has 0 radical (unpaired) electrons. The lowest BCUT2D eigenvalue weighted by Crippen LogP contribution is -2.38. The van der Waals surface area contributed by atoms with Gasteiger partial charge in [0.2, 0.25) is 21.8 Å². The molecule has 0 atom stereocenters. The first-order valence-corrected chi connectivity index (χ1v) is 9.41. The number of nitrogens with zero attached hydrogens (tertiary/aromatic N) is 3. The van der Waals surface area contributed by atoms with Crippen LogP contribution in [0.5, 0.6) is 0 Å². The number of rotatable bonds is 4. The van der Waals surface area contributed by atoms with E-state index in [-0.39, 0.29) is 16.7 Å². The number of sulfonamides is 1. The summed E-state index contributed by atoms with van der Waals surface area (Å²) in [6, 6.07) is 5.45. The van der Waals surface area contributed by atoms with Crippen molar-refractivity contribution in [1.29, 1.82) is 0 Å². The molecular formula is C16H20FN3O3S. The Morgan fingerprint density at radius 3 is 2.46 bits per heavy atom. The van der Waals surface area contributed by atoms with Crippen molar-refractivity contribution < 1.29 is 17.2 Å². The molecular weight excluding hydrogens is 333 g/mol. The molecule has 3 rings (SSSR count). The molecule has 8 heteroatoms. The quantitative estimate of drug-likeness (QED) is 0.845. The molecule has 24 heavy (non-hydrogen) atoms. The summed E-state index contributed by atoms with van der Waals surface area (Å²) in [6.07, 6.45) is 1.15. The molecule has 130 valence electrons. The molecule has 6 nitrogen and oxygen atoms in total. The first-order chi connectivity index (χ1) is 11.4. The monoisotopic (exact) mass is 353 g/mol. The molecule has 0 N–H and O–H groups in total. The predicted octanol–water partition coefficient (Wildman–Crippen LogP) is 2.90. The molecule has 2 aromatic rings. The highest BCUT2D eigenvalue weighted by molar-refractivity contribution is 7.89. The van der Waals surface area contributed by atoms with Crippen LogP contribution in [-0.4, -0.2) is 36.0 Å². The van der Waals surface area contributed by atoms with E-state index in [2.05, 4.69) is 10.2 Å². The number of benzene rings is 1. The van der Waals surface area contributed by atoms with Crippen LogP contribution in [0, 0.1) is 5.82 Å². The van der Waals surface area contributed by atoms with Crippen LogP contribution >= 0.6 is 0 Å². The van der Waals surface area contributed by atoms with Gasteiger partial charge in [-0.2, -0.15) is 4.31 Å². The van der Waals surface area contributed by atoms with Gasteiger partial charge in [-0.05, 0) is 25.0 Å². The van der Waals surface area contributed by atoms with Gasteiger partial charge in [-0.1, -0.05) is 26.0 Å². The number of halogens is 1.